The molecule has 1 rings (SSSR count). The Labute approximate surface area is 86.5 Å². The molecule has 3 nitrogen and oxygen atoms in total. The molecule has 7 heteroatoms. The molecule has 0 atom stereocenters. The van der Waals surface area contributed by atoms with Crippen LogP contribution in [0.5, 0.6) is 0 Å². The first-order valence-corrected chi connectivity index (χ1v) is 3.86. The Bertz CT molecular complexity index is 478. The van der Waals surface area contributed by atoms with E-state index in [4.69, 9.17) is 10.4 Å². The van der Waals surface area contributed by atoms with Gasteiger partial charge in [0.15, 0.2) is 23.3 Å². The van der Waals surface area contributed by atoms with Gasteiger partial charge in [-0.3, -0.25) is 0 Å². The van der Waals surface area contributed by atoms with Crippen LogP contribution in [0.4, 0.5) is 17.6 Å². The fourth-order valence-electron chi connectivity index (χ4n) is 1.10. The molecule has 0 amide bonds. The van der Waals surface area contributed by atoms with Gasteiger partial charge in [-0.1, -0.05) is 0 Å². The molecule has 0 saturated heterocycles. The minimum Gasteiger partial charge on any atom is -0.477 e. The van der Waals surface area contributed by atoms with E-state index in [9.17, 15) is 22.4 Å². The highest BCUT2D eigenvalue weighted by Crippen LogP contribution is 2.24. The van der Waals surface area contributed by atoms with Crippen molar-refractivity contribution >= 4 is 5.97 Å². The zero-order valence-electron chi connectivity index (χ0n) is 7.52. The molecule has 0 aromatic heterocycles. The van der Waals surface area contributed by atoms with E-state index in [1.165, 1.54) is 6.07 Å². The average Bonchev–Trinajstić information content (AvgIpc) is 2.21. The van der Waals surface area contributed by atoms with Crippen molar-refractivity contribution in [2.24, 2.45) is 0 Å². The number of halogens is 4. The van der Waals surface area contributed by atoms with E-state index in [2.05, 4.69) is 0 Å². The molecule has 16 heavy (non-hydrogen) atoms. The molecule has 1 aromatic carbocycles. The number of nitriles is 1. The highest BCUT2D eigenvalue weighted by Gasteiger charge is 2.28. The molecular formula is C9H3F4NO2. The number of rotatable bonds is 2. The maximum atomic E-state index is 13.1. The summed E-state index contributed by atoms with van der Waals surface area (Å²) in [5.74, 6) is -9.89. The van der Waals surface area contributed by atoms with Gasteiger partial charge in [0, 0.05) is 5.56 Å². The highest BCUT2D eigenvalue weighted by molar-refractivity contribution is 5.88. The Balaban J connectivity index is 3.64. The largest absolute Gasteiger partial charge is 0.477 e. The predicted molar refractivity (Wildman–Crippen MR) is 42.6 cm³/mol. The van der Waals surface area contributed by atoms with Gasteiger partial charge in [-0.05, 0) is 0 Å². The molecule has 0 bridgehead atoms. The lowest BCUT2D eigenvalue weighted by molar-refractivity contribution is 0.0683. The van der Waals surface area contributed by atoms with Crippen molar-refractivity contribution < 1.29 is 27.5 Å². The van der Waals surface area contributed by atoms with Crippen molar-refractivity contribution in [3.63, 3.8) is 0 Å². The molecule has 0 aliphatic carbocycles. The van der Waals surface area contributed by atoms with E-state index in [0.29, 0.717) is 0 Å². The molecule has 0 heterocycles. The summed E-state index contributed by atoms with van der Waals surface area (Å²) in [6.45, 7) is 0. The minimum absolute atomic E-state index is 0.897. The second-order valence-corrected chi connectivity index (χ2v) is 2.75. The summed E-state index contributed by atoms with van der Waals surface area (Å²) in [4.78, 5) is 10.3. The molecule has 0 spiro atoms. The molecular weight excluding hydrogens is 230 g/mol. The van der Waals surface area contributed by atoms with Crippen LogP contribution in [0, 0.1) is 34.6 Å². The van der Waals surface area contributed by atoms with Crippen LogP contribution >= 0.6 is 0 Å². The normalized spacial score (nSPS) is 9.94. The predicted octanol–water partition coefficient (Wildman–Crippen LogP) is 2.01. The average molecular weight is 233 g/mol. The Morgan fingerprint density at radius 3 is 1.88 bits per heavy atom. The van der Waals surface area contributed by atoms with Crippen LogP contribution in [0.25, 0.3) is 0 Å². The van der Waals surface area contributed by atoms with Gasteiger partial charge in [0.05, 0.1) is 12.5 Å². The van der Waals surface area contributed by atoms with E-state index in [1.54, 1.807) is 0 Å². The van der Waals surface area contributed by atoms with Crippen LogP contribution < -0.4 is 0 Å². The summed E-state index contributed by atoms with van der Waals surface area (Å²) in [5.41, 5.74) is -2.83. The third-order valence-electron chi connectivity index (χ3n) is 1.82. The van der Waals surface area contributed by atoms with Gasteiger partial charge in [0.1, 0.15) is 5.56 Å². The minimum atomic E-state index is -2.13. The molecule has 0 aliphatic heterocycles. The Morgan fingerprint density at radius 1 is 1.12 bits per heavy atom. The summed E-state index contributed by atoms with van der Waals surface area (Å²) >= 11 is 0. The summed E-state index contributed by atoms with van der Waals surface area (Å²) in [6, 6.07) is 1.31. The van der Waals surface area contributed by atoms with Gasteiger partial charge in [0.2, 0.25) is 0 Å². The molecule has 1 N–H and O–H groups in total. The van der Waals surface area contributed by atoms with Crippen LogP contribution in [-0.2, 0) is 6.42 Å². The summed E-state index contributed by atoms with van der Waals surface area (Å²) in [7, 11) is 0. The summed E-state index contributed by atoms with van der Waals surface area (Å²) in [5, 5.41) is 16.5. The van der Waals surface area contributed by atoms with E-state index < -0.39 is 46.8 Å². The van der Waals surface area contributed by atoms with Gasteiger partial charge < -0.3 is 5.11 Å². The molecule has 0 unspecified atom stereocenters. The van der Waals surface area contributed by atoms with E-state index in [0.717, 1.165) is 0 Å². The Kier molecular flexibility index (Phi) is 3.13. The van der Waals surface area contributed by atoms with Crippen LogP contribution in [0.3, 0.4) is 0 Å². The van der Waals surface area contributed by atoms with E-state index in [1.807, 2.05) is 0 Å². The third-order valence-corrected chi connectivity index (χ3v) is 1.82. The van der Waals surface area contributed by atoms with Gasteiger partial charge in [-0.2, -0.15) is 5.26 Å². The van der Waals surface area contributed by atoms with Gasteiger partial charge in [-0.15, -0.1) is 0 Å². The highest BCUT2D eigenvalue weighted by atomic mass is 19.2. The first-order valence-electron chi connectivity index (χ1n) is 3.86. The summed E-state index contributed by atoms with van der Waals surface area (Å²) in [6.07, 6.45) is -0.897. The fraction of sp³-hybridized carbons (Fsp3) is 0.111. The SMILES string of the molecule is N#CCc1c(F)c(F)c(C(=O)O)c(F)c1F. The smallest absolute Gasteiger partial charge is 0.341 e. The van der Waals surface area contributed by atoms with E-state index in [-0.39, 0.29) is 0 Å². The van der Waals surface area contributed by atoms with Gasteiger partial charge in [0.25, 0.3) is 0 Å². The lowest BCUT2D eigenvalue weighted by Gasteiger charge is -2.06. The van der Waals surface area contributed by atoms with Gasteiger partial charge in [-0.25, -0.2) is 22.4 Å². The standard InChI is InChI=1S/C9H3F4NO2/c10-5-3(1-2-14)6(11)8(13)4(7(5)12)9(15)16/h1H2,(H,15,16). The number of carboxylic acid groups (broad SMARTS) is 1. The second kappa shape index (κ2) is 4.18. The fourth-order valence-corrected chi connectivity index (χ4v) is 1.10. The molecule has 0 saturated carbocycles. The molecule has 0 aliphatic rings. The second-order valence-electron chi connectivity index (χ2n) is 2.75. The van der Waals surface area contributed by atoms with Crippen molar-refractivity contribution in [2.75, 3.05) is 0 Å². The first kappa shape index (κ1) is 12.0. The van der Waals surface area contributed by atoms with Crippen molar-refractivity contribution in [3.05, 3.63) is 34.4 Å². The molecule has 84 valence electrons. The van der Waals surface area contributed by atoms with Crippen LogP contribution in [-0.4, -0.2) is 11.1 Å². The summed E-state index contributed by atoms with van der Waals surface area (Å²) < 4.78 is 52.1. The topological polar surface area (TPSA) is 61.1 Å². The first-order chi connectivity index (χ1) is 7.41. The monoisotopic (exact) mass is 233 g/mol. The van der Waals surface area contributed by atoms with Crippen LogP contribution in [0.15, 0.2) is 0 Å². The zero-order chi connectivity index (χ0) is 12.5. The maximum Gasteiger partial charge on any atom is 0.341 e. The van der Waals surface area contributed by atoms with Crippen LogP contribution in [0.1, 0.15) is 15.9 Å². The van der Waals surface area contributed by atoms with Crippen molar-refractivity contribution in [1.82, 2.24) is 0 Å². The number of aromatic carboxylic acids is 1. The third kappa shape index (κ3) is 1.69. The van der Waals surface area contributed by atoms with E-state index >= 15 is 0 Å². The number of carbonyl (C=O) groups is 1. The Morgan fingerprint density at radius 2 is 1.56 bits per heavy atom. The number of hydrogen-bond donors (Lipinski definition) is 1. The molecule has 0 radical (unpaired) electrons. The number of nitrogens with zero attached hydrogens (tertiary/aromatic N) is 1. The van der Waals surface area contributed by atoms with Crippen molar-refractivity contribution in [1.29, 1.82) is 5.26 Å². The molecule has 0 fully saturated rings. The Hall–Kier alpha value is -2.10. The zero-order valence-corrected chi connectivity index (χ0v) is 7.52. The van der Waals surface area contributed by atoms with Crippen molar-refractivity contribution in [3.8, 4) is 6.07 Å². The quantitative estimate of drug-likeness (QED) is 0.627. The molecule has 1 aromatic rings. The number of hydrogen-bond acceptors (Lipinski definition) is 2. The lowest BCUT2D eigenvalue weighted by Crippen LogP contribution is -2.12. The number of carboxylic acids is 1. The van der Waals surface area contributed by atoms with Crippen LogP contribution in [0.2, 0.25) is 0 Å². The van der Waals surface area contributed by atoms with Gasteiger partial charge >= 0.3 is 5.97 Å². The lowest BCUT2D eigenvalue weighted by atomic mass is 10.1. The van der Waals surface area contributed by atoms with Crippen molar-refractivity contribution in [2.45, 2.75) is 6.42 Å². The number of benzene rings is 1. The maximum absolute atomic E-state index is 13.1.